The monoisotopic (exact) mass is 330 g/mol. The fraction of sp³-hybridized carbons (Fsp3) is 0.429. The van der Waals surface area contributed by atoms with E-state index in [4.69, 9.17) is 10.5 Å². The number of anilines is 2. The van der Waals surface area contributed by atoms with Gasteiger partial charge in [0.05, 0.1) is 24.0 Å². The number of nitrogens with two attached hydrogens (primary N) is 1. The van der Waals surface area contributed by atoms with Crippen LogP contribution in [0.5, 0.6) is 0 Å². The smallest absolute Gasteiger partial charge is 0.240 e. The zero-order valence-electron chi connectivity index (χ0n) is 11.5. The summed E-state index contributed by atoms with van der Waals surface area (Å²) in [5, 5.41) is 0. The van der Waals surface area contributed by atoms with E-state index in [-0.39, 0.29) is 4.90 Å². The van der Waals surface area contributed by atoms with Gasteiger partial charge >= 0.3 is 0 Å². The molecule has 3 fully saturated rings. The van der Waals surface area contributed by atoms with Gasteiger partial charge in [-0.05, 0) is 12.8 Å². The lowest BCUT2D eigenvalue weighted by Crippen LogP contribution is -2.36. The highest BCUT2D eigenvalue weighted by Gasteiger charge is 2.63. The summed E-state index contributed by atoms with van der Waals surface area (Å²) in [6.45, 7) is 0. The van der Waals surface area contributed by atoms with Gasteiger partial charge in [0.15, 0.2) is 23.3 Å². The number of hydrogen-bond acceptors (Lipinski definition) is 4. The summed E-state index contributed by atoms with van der Waals surface area (Å²) in [5.74, 6) is -11.0. The normalized spacial score (nSPS) is 32.1. The molecule has 23 heavy (non-hydrogen) atoms. The Balaban J connectivity index is 1.87. The molecule has 122 valence electrons. The average molecular weight is 330 g/mol. The van der Waals surface area contributed by atoms with Crippen LogP contribution in [0.25, 0.3) is 0 Å². The molecular formula is C14H10F4N2O3. The molecule has 1 aromatic carbocycles. The van der Waals surface area contributed by atoms with Crippen LogP contribution in [0.3, 0.4) is 0 Å². The molecule has 9 heteroatoms. The van der Waals surface area contributed by atoms with Crippen LogP contribution in [0.1, 0.15) is 12.8 Å². The van der Waals surface area contributed by atoms with Crippen molar-refractivity contribution in [3.8, 4) is 0 Å². The lowest BCUT2D eigenvalue weighted by Gasteiger charge is -2.19. The largest absolute Gasteiger partial charge is 0.394 e. The van der Waals surface area contributed by atoms with Crippen LogP contribution in [0.15, 0.2) is 0 Å². The standard InChI is InChI=1S/C14H10F4N2O3/c15-7-9(17)12(10(18)8(16)11(7)19)20-13(21)5-3-1-2-4(23-3)6(5)14(20)22/h3-6H,1-2,19H2/t3-,4+,5-,6+. The van der Waals surface area contributed by atoms with Gasteiger partial charge in [0.1, 0.15) is 11.4 Å². The third-order valence-corrected chi connectivity index (χ3v) is 4.78. The third-order valence-electron chi connectivity index (χ3n) is 4.78. The first-order chi connectivity index (χ1) is 10.8. The van der Waals surface area contributed by atoms with Crippen LogP contribution < -0.4 is 10.6 Å². The topological polar surface area (TPSA) is 72.6 Å². The van der Waals surface area contributed by atoms with Gasteiger partial charge in [0.25, 0.3) is 0 Å². The van der Waals surface area contributed by atoms with Gasteiger partial charge in [0.2, 0.25) is 11.8 Å². The number of carbonyl (C=O) groups excluding carboxylic acids is 2. The first kappa shape index (κ1) is 14.4. The number of hydrogen-bond donors (Lipinski definition) is 1. The van der Waals surface area contributed by atoms with Crippen molar-refractivity contribution in [3.63, 3.8) is 0 Å². The molecule has 0 spiro atoms. The first-order valence-electron chi connectivity index (χ1n) is 6.99. The molecule has 3 heterocycles. The molecule has 3 saturated heterocycles. The average Bonchev–Trinajstić information content (AvgIpc) is 3.20. The van der Waals surface area contributed by atoms with Gasteiger partial charge in [-0.3, -0.25) is 9.59 Å². The minimum Gasteiger partial charge on any atom is -0.394 e. The van der Waals surface area contributed by atoms with Crippen LogP contribution in [0.2, 0.25) is 0 Å². The van der Waals surface area contributed by atoms with Gasteiger partial charge in [-0.25, -0.2) is 22.5 Å². The molecule has 2 amide bonds. The molecule has 4 atom stereocenters. The van der Waals surface area contributed by atoms with Crippen molar-refractivity contribution in [1.29, 1.82) is 0 Å². The maximum absolute atomic E-state index is 14.0. The van der Waals surface area contributed by atoms with E-state index in [1.165, 1.54) is 0 Å². The molecule has 2 N–H and O–H groups in total. The van der Waals surface area contributed by atoms with Gasteiger partial charge in [-0.2, -0.15) is 0 Å². The van der Waals surface area contributed by atoms with E-state index in [2.05, 4.69) is 0 Å². The van der Waals surface area contributed by atoms with Gasteiger partial charge < -0.3 is 10.5 Å². The summed E-state index contributed by atoms with van der Waals surface area (Å²) in [7, 11) is 0. The first-order valence-corrected chi connectivity index (χ1v) is 6.99. The van der Waals surface area contributed by atoms with E-state index in [0.29, 0.717) is 12.8 Å². The predicted octanol–water partition coefficient (Wildman–Crippen LogP) is 1.49. The second kappa shape index (κ2) is 4.44. The highest BCUT2D eigenvalue weighted by molar-refractivity contribution is 6.23. The fourth-order valence-corrected chi connectivity index (χ4v) is 3.77. The molecule has 3 aliphatic rings. The van der Waals surface area contributed by atoms with Crippen LogP contribution >= 0.6 is 0 Å². The Kier molecular flexibility index (Phi) is 2.78. The lowest BCUT2D eigenvalue weighted by molar-refractivity contribution is -0.124. The minimum absolute atomic E-state index is 0.194. The van der Waals surface area contributed by atoms with E-state index < -0.39 is 70.5 Å². The zero-order chi connectivity index (χ0) is 16.6. The molecule has 0 aromatic heterocycles. The number of amides is 2. The summed E-state index contributed by atoms with van der Waals surface area (Å²) in [4.78, 5) is 25.0. The van der Waals surface area contributed by atoms with Gasteiger partial charge in [0, 0.05) is 0 Å². The second-order valence-corrected chi connectivity index (χ2v) is 5.87. The van der Waals surface area contributed by atoms with Crippen molar-refractivity contribution in [2.24, 2.45) is 11.8 Å². The Morgan fingerprint density at radius 2 is 1.30 bits per heavy atom. The number of rotatable bonds is 1. The van der Waals surface area contributed by atoms with Crippen molar-refractivity contribution in [3.05, 3.63) is 23.3 Å². The molecule has 1 aromatic rings. The maximum atomic E-state index is 14.0. The van der Waals surface area contributed by atoms with E-state index in [0.717, 1.165) is 0 Å². The summed E-state index contributed by atoms with van der Waals surface area (Å²) < 4.78 is 60.8. The van der Waals surface area contributed by atoms with E-state index in [1.807, 2.05) is 0 Å². The Labute approximate surface area is 127 Å². The number of imide groups is 1. The number of carbonyl (C=O) groups is 2. The van der Waals surface area contributed by atoms with Crippen molar-refractivity contribution in [2.45, 2.75) is 25.0 Å². The van der Waals surface area contributed by atoms with Crippen LogP contribution in [0, 0.1) is 35.1 Å². The number of benzene rings is 1. The molecule has 5 nitrogen and oxygen atoms in total. The van der Waals surface area contributed by atoms with Gasteiger partial charge in [-0.1, -0.05) is 0 Å². The Bertz CT molecular complexity index is 712. The number of nitrogens with zero attached hydrogens (tertiary/aromatic N) is 1. The van der Waals surface area contributed by atoms with Crippen molar-refractivity contribution >= 4 is 23.2 Å². The summed E-state index contributed by atoms with van der Waals surface area (Å²) >= 11 is 0. The third kappa shape index (κ3) is 1.60. The summed E-state index contributed by atoms with van der Waals surface area (Å²) in [5.41, 5.74) is 2.24. The van der Waals surface area contributed by atoms with Crippen LogP contribution in [-0.2, 0) is 14.3 Å². The maximum Gasteiger partial charge on any atom is 0.240 e. The highest BCUT2D eigenvalue weighted by Crippen LogP contribution is 2.50. The van der Waals surface area contributed by atoms with Crippen molar-refractivity contribution < 1.29 is 31.9 Å². The minimum atomic E-state index is -1.86. The van der Waals surface area contributed by atoms with Crippen LogP contribution in [-0.4, -0.2) is 24.0 Å². The van der Waals surface area contributed by atoms with Gasteiger partial charge in [-0.15, -0.1) is 0 Å². The van der Waals surface area contributed by atoms with Crippen molar-refractivity contribution in [1.82, 2.24) is 0 Å². The highest BCUT2D eigenvalue weighted by atomic mass is 19.2. The second-order valence-electron chi connectivity index (χ2n) is 5.87. The number of fused-ring (bicyclic) bond motifs is 5. The lowest BCUT2D eigenvalue weighted by atomic mass is 9.81. The summed E-state index contributed by atoms with van der Waals surface area (Å²) in [6.07, 6.45) is 0.0736. The number of ether oxygens (including phenoxy) is 1. The predicted molar refractivity (Wildman–Crippen MR) is 68.1 cm³/mol. The number of nitrogen functional groups attached to an aromatic ring is 1. The Morgan fingerprint density at radius 1 is 0.870 bits per heavy atom. The van der Waals surface area contributed by atoms with E-state index in [9.17, 15) is 27.2 Å². The quantitative estimate of drug-likeness (QED) is 0.366. The van der Waals surface area contributed by atoms with Crippen molar-refractivity contribution in [2.75, 3.05) is 10.6 Å². The zero-order valence-corrected chi connectivity index (χ0v) is 11.5. The Hall–Kier alpha value is -2.16. The molecule has 0 saturated carbocycles. The van der Waals surface area contributed by atoms with E-state index >= 15 is 0 Å². The molecule has 0 radical (unpaired) electrons. The summed E-state index contributed by atoms with van der Waals surface area (Å²) in [6, 6.07) is 0. The molecule has 2 bridgehead atoms. The molecule has 4 rings (SSSR count). The molecule has 0 unspecified atom stereocenters. The number of halogens is 4. The van der Waals surface area contributed by atoms with Crippen LogP contribution in [0.4, 0.5) is 28.9 Å². The molecular weight excluding hydrogens is 320 g/mol. The molecule has 3 aliphatic heterocycles. The SMILES string of the molecule is Nc1c(F)c(F)c(N2C(=O)[C@@H]3[C@H](C2=O)[C@H]2CC[C@@H]3O2)c(F)c1F. The molecule has 0 aliphatic carbocycles. The fourth-order valence-electron chi connectivity index (χ4n) is 3.77. The van der Waals surface area contributed by atoms with E-state index in [1.54, 1.807) is 0 Å². The Morgan fingerprint density at radius 3 is 1.74 bits per heavy atom.